The lowest BCUT2D eigenvalue weighted by atomic mass is 10.1. The van der Waals surface area contributed by atoms with Gasteiger partial charge in [-0.2, -0.15) is 0 Å². The Morgan fingerprint density at radius 3 is 1.83 bits per heavy atom. The Morgan fingerprint density at radius 1 is 1.17 bits per heavy atom. The quantitative estimate of drug-likeness (QED) is 0.566. The van der Waals surface area contributed by atoms with Crippen molar-refractivity contribution < 1.29 is 0 Å². The van der Waals surface area contributed by atoms with E-state index in [2.05, 4.69) is 32.1 Å². The molecule has 3 nitrogen and oxygen atoms in total. The van der Waals surface area contributed by atoms with Gasteiger partial charge in [0.1, 0.15) is 0 Å². The molecule has 0 aromatic heterocycles. The zero-order valence-corrected chi connectivity index (χ0v) is 16.1. The molecule has 0 aliphatic rings. The summed E-state index contributed by atoms with van der Waals surface area (Å²) >= 11 is 0. The Bertz CT molecular complexity index is 499. The lowest BCUT2D eigenvalue weighted by Crippen LogP contribution is -2.20. The predicted molar refractivity (Wildman–Crippen MR) is 106 cm³/mol. The molecule has 0 aromatic rings. The molecule has 0 fully saturated rings. The van der Waals surface area contributed by atoms with Crippen molar-refractivity contribution >= 4 is 0 Å². The number of hydrogen-bond donors (Lipinski definition) is 2. The number of allylic oxidation sites excluding steroid dienone is 3. The summed E-state index contributed by atoms with van der Waals surface area (Å²) in [6.07, 6.45) is 6.48. The lowest BCUT2D eigenvalue weighted by Gasteiger charge is -2.26. The Labute approximate surface area is 144 Å². The van der Waals surface area contributed by atoms with E-state index in [0.717, 1.165) is 22.5 Å². The molecule has 0 saturated heterocycles. The second-order valence-corrected chi connectivity index (χ2v) is 4.78. The highest BCUT2D eigenvalue weighted by Crippen LogP contribution is 2.21. The molecular formula is C20H35N3. The molecule has 0 heterocycles. The summed E-state index contributed by atoms with van der Waals surface area (Å²) in [7, 11) is 1.97. The van der Waals surface area contributed by atoms with E-state index in [1.807, 2.05) is 52.6 Å². The second-order valence-electron chi connectivity index (χ2n) is 4.78. The van der Waals surface area contributed by atoms with Crippen LogP contribution in [-0.4, -0.2) is 18.5 Å². The zero-order chi connectivity index (χ0) is 19.2. The fraction of sp³-hybridized carbons (Fsp3) is 0.400. The molecule has 0 aliphatic carbocycles. The fourth-order valence-corrected chi connectivity index (χ4v) is 1.38. The van der Waals surface area contributed by atoms with Gasteiger partial charge in [0, 0.05) is 30.7 Å². The molecule has 0 unspecified atom stereocenters. The van der Waals surface area contributed by atoms with Crippen molar-refractivity contribution in [1.29, 1.82) is 0 Å². The van der Waals surface area contributed by atoms with Gasteiger partial charge in [-0.1, -0.05) is 33.6 Å². The molecule has 0 amide bonds. The summed E-state index contributed by atoms with van der Waals surface area (Å²) in [6, 6.07) is 0. The lowest BCUT2D eigenvalue weighted by molar-refractivity contribution is 0.520. The smallest absolute Gasteiger partial charge is 0.0435 e. The minimum Gasteiger partial charge on any atom is -0.399 e. The van der Waals surface area contributed by atoms with Crippen LogP contribution in [0.2, 0.25) is 0 Å². The summed E-state index contributed by atoms with van der Waals surface area (Å²) < 4.78 is 0. The summed E-state index contributed by atoms with van der Waals surface area (Å²) in [6.45, 7) is 23.7. The maximum atomic E-state index is 5.66. The van der Waals surface area contributed by atoms with Gasteiger partial charge in [0.2, 0.25) is 0 Å². The van der Waals surface area contributed by atoms with Crippen molar-refractivity contribution in [2.24, 2.45) is 11.5 Å². The van der Waals surface area contributed by atoms with Crippen LogP contribution in [0.1, 0.15) is 41.5 Å². The maximum Gasteiger partial charge on any atom is 0.0435 e. The van der Waals surface area contributed by atoms with Gasteiger partial charge in [0.05, 0.1) is 0 Å². The SMILES string of the molecule is C#CC.C=C(N)C(=C)/C=C(/C(=C)C)N(C)/C(C)=C(\C)CN.CC. The van der Waals surface area contributed by atoms with E-state index in [0.29, 0.717) is 17.8 Å². The molecule has 4 N–H and O–H groups in total. The number of rotatable bonds is 6. The Hall–Kier alpha value is -2.18. The first kappa shape index (κ1) is 25.8. The molecule has 0 bridgehead atoms. The molecule has 130 valence electrons. The van der Waals surface area contributed by atoms with E-state index in [-0.39, 0.29) is 0 Å². The van der Waals surface area contributed by atoms with Crippen LogP contribution < -0.4 is 11.5 Å². The molecule has 3 heteroatoms. The summed E-state index contributed by atoms with van der Waals surface area (Å²) in [5.41, 5.74) is 16.6. The van der Waals surface area contributed by atoms with E-state index in [1.54, 1.807) is 6.92 Å². The van der Waals surface area contributed by atoms with Crippen LogP contribution in [0.15, 0.2) is 59.6 Å². The van der Waals surface area contributed by atoms with Crippen LogP contribution in [0, 0.1) is 12.3 Å². The monoisotopic (exact) mass is 317 g/mol. The van der Waals surface area contributed by atoms with E-state index in [9.17, 15) is 0 Å². The highest BCUT2D eigenvalue weighted by Gasteiger charge is 2.10. The summed E-state index contributed by atoms with van der Waals surface area (Å²) in [4.78, 5) is 2.04. The van der Waals surface area contributed by atoms with Gasteiger partial charge in [-0.05, 0) is 50.5 Å². The van der Waals surface area contributed by atoms with Crippen molar-refractivity contribution in [3.05, 3.63) is 59.6 Å². The van der Waals surface area contributed by atoms with Gasteiger partial charge in [-0.3, -0.25) is 0 Å². The molecule has 0 rings (SSSR count). The van der Waals surface area contributed by atoms with Gasteiger partial charge < -0.3 is 16.4 Å². The third kappa shape index (κ3) is 11.1. The molecule has 0 radical (unpaired) electrons. The van der Waals surface area contributed by atoms with Crippen LogP contribution >= 0.6 is 0 Å². The molecule has 0 aliphatic heterocycles. The Kier molecular flexibility index (Phi) is 16.5. The van der Waals surface area contributed by atoms with Gasteiger partial charge >= 0.3 is 0 Å². The standard InChI is InChI=1S/C15H25N3.C3H4.C2H6/c1-10(2)15(8-11(3)13(5)17)18(7)14(6)12(4)9-16;1-3-2;1-2/h8H,1,3,5,9,16-17H2,2,4,6-7H3;1H,2H3;1-2H3/b14-12+,15-8-;;. The molecule has 23 heavy (non-hydrogen) atoms. The average Bonchev–Trinajstić information content (AvgIpc) is 2.52. The van der Waals surface area contributed by atoms with Crippen molar-refractivity contribution in [1.82, 2.24) is 4.90 Å². The number of nitrogens with zero attached hydrogens (tertiary/aromatic N) is 1. The summed E-state index contributed by atoms with van der Waals surface area (Å²) in [5, 5.41) is 0. The van der Waals surface area contributed by atoms with E-state index in [4.69, 9.17) is 11.5 Å². The van der Waals surface area contributed by atoms with Crippen LogP contribution in [-0.2, 0) is 0 Å². The third-order valence-corrected chi connectivity index (χ3v) is 2.95. The highest BCUT2D eigenvalue weighted by molar-refractivity contribution is 5.41. The Balaban J connectivity index is -0.000000710. The topological polar surface area (TPSA) is 55.3 Å². The predicted octanol–water partition coefficient (Wildman–Crippen LogP) is 4.33. The molecule has 0 spiro atoms. The number of nitrogens with two attached hydrogens (primary N) is 2. The second kappa shape index (κ2) is 14.7. The fourth-order valence-electron chi connectivity index (χ4n) is 1.38. The third-order valence-electron chi connectivity index (χ3n) is 2.95. The van der Waals surface area contributed by atoms with Crippen LogP contribution in [0.5, 0.6) is 0 Å². The van der Waals surface area contributed by atoms with Crippen LogP contribution in [0.25, 0.3) is 0 Å². The molecule has 0 saturated carbocycles. The minimum atomic E-state index is 0.458. The first-order valence-electron chi connectivity index (χ1n) is 7.62. The average molecular weight is 318 g/mol. The van der Waals surface area contributed by atoms with Crippen molar-refractivity contribution in [3.8, 4) is 12.3 Å². The van der Waals surface area contributed by atoms with E-state index < -0.39 is 0 Å². The van der Waals surface area contributed by atoms with E-state index in [1.165, 1.54) is 0 Å². The molecule has 0 atom stereocenters. The first-order valence-corrected chi connectivity index (χ1v) is 7.62. The highest BCUT2D eigenvalue weighted by atomic mass is 15.1. The van der Waals surface area contributed by atoms with Gasteiger partial charge in [-0.25, -0.2) is 0 Å². The minimum absolute atomic E-state index is 0.458. The van der Waals surface area contributed by atoms with E-state index >= 15 is 0 Å². The zero-order valence-electron chi connectivity index (χ0n) is 16.1. The van der Waals surface area contributed by atoms with Gasteiger partial charge in [0.25, 0.3) is 0 Å². The van der Waals surface area contributed by atoms with Crippen molar-refractivity contribution in [2.45, 2.75) is 41.5 Å². The number of likely N-dealkylation sites (N-methyl/N-ethyl adjacent to an activating group) is 1. The number of hydrogen-bond acceptors (Lipinski definition) is 3. The number of terminal acetylenes is 1. The van der Waals surface area contributed by atoms with Gasteiger partial charge in [0.15, 0.2) is 0 Å². The van der Waals surface area contributed by atoms with Crippen LogP contribution in [0.3, 0.4) is 0 Å². The normalized spacial score (nSPS) is 10.7. The first-order chi connectivity index (χ1) is 10.6. The van der Waals surface area contributed by atoms with Gasteiger partial charge in [-0.15, -0.1) is 12.3 Å². The molecule has 0 aromatic carbocycles. The largest absolute Gasteiger partial charge is 0.399 e. The maximum absolute atomic E-state index is 5.66. The Morgan fingerprint density at radius 2 is 1.57 bits per heavy atom. The van der Waals surface area contributed by atoms with Crippen molar-refractivity contribution in [2.75, 3.05) is 13.6 Å². The summed E-state index contributed by atoms with van der Waals surface area (Å²) in [5.74, 6) is 2.25. The van der Waals surface area contributed by atoms with Crippen LogP contribution in [0.4, 0.5) is 0 Å². The van der Waals surface area contributed by atoms with Crippen molar-refractivity contribution in [3.63, 3.8) is 0 Å². The molecular weight excluding hydrogens is 282 g/mol.